The number of hydrogen-bond donors (Lipinski definition) is 2. The van der Waals surface area contributed by atoms with Gasteiger partial charge in [0.25, 0.3) is 0 Å². The molecule has 1 amide bonds. The molecular weight excluding hydrogens is 204 g/mol. The van der Waals surface area contributed by atoms with Gasteiger partial charge in [-0.3, -0.25) is 4.79 Å². The minimum Gasteiger partial charge on any atom is -0.363 e. The Morgan fingerprint density at radius 2 is 2.06 bits per heavy atom. The van der Waals surface area contributed by atoms with Gasteiger partial charge in [-0.15, -0.1) is 0 Å². The first-order valence-electron chi connectivity index (χ1n) is 5.04. The molecule has 0 aliphatic rings. The summed E-state index contributed by atoms with van der Waals surface area (Å²) >= 11 is 0. The van der Waals surface area contributed by atoms with Crippen LogP contribution >= 0.6 is 0 Å². The Hall–Kier alpha value is -1.62. The SMILES string of the molecule is CN(C)c1ccc(NC(=O)C(C)(C)N)cn1. The maximum Gasteiger partial charge on any atom is 0.243 e. The number of rotatable bonds is 3. The van der Waals surface area contributed by atoms with Crippen LogP contribution in [-0.2, 0) is 4.79 Å². The maximum atomic E-state index is 11.6. The highest BCUT2D eigenvalue weighted by atomic mass is 16.2. The van der Waals surface area contributed by atoms with Crippen LogP contribution in [-0.4, -0.2) is 30.5 Å². The fourth-order valence-electron chi connectivity index (χ4n) is 1.02. The first-order valence-corrected chi connectivity index (χ1v) is 5.04. The quantitative estimate of drug-likeness (QED) is 0.794. The summed E-state index contributed by atoms with van der Waals surface area (Å²) in [5, 5.41) is 2.70. The summed E-state index contributed by atoms with van der Waals surface area (Å²) < 4.78 is 0. The van der Waals surface area contributed by atoms with Crippen LogP contribution in [0.15, 0.2) is 18.3 Å². The molecule has 0 fully saturated rings. The zero-order valence-electron chi connectivity index (χ0n) is 10.1. The van der Waals surface area contributed by atoms with Gasteiger partial charge in [0.15, 0.2) is 0 Å². The van der Waals surface area contributed by atoms with E-state index in [9.17, 15) is 4.79 Å². The molecule has 1 aromatic rings. The van der Waals surface area contributed by atoms with Crippen molar-refractivity contribution in [2.75, 3.05) is 24.3 Å². The van der Waals surface area contributed by atoms with E-state index >= 15 is 0 Å². The van der Waals surface area contributed by atoms with Crippen molar-refractivity contribution in [3.63, 3.8) is 0 Å². The molecular formula is C11H18N4O. The molecule has 1 aromatic heterocycles. The number of hydrogen-bond acceptors (Lipinski definition) is 4. The molecule has 16 heavy (non-hydrogen) atoms. The Bertz CT molecular complexity index is 365. The smallest absolute Gasteiger partial charge is 0.243 e. The second-order valence-electron chi connectivity index (χ2n) is 4.48. The van der Waals surface area contributed by atoms with Crippen LogP contribution in [0.25, 0.3) is 0 Å². The van der Waals surface area contributed by atoms with E-state index in [4.69, 9.17) is 5.73 Å². The summed E-state index contributed by atoms with van der Waals surface area (Å²) in [7, 11) is 3.81. The van der Waals surface area contributed by atoms with E-state index in [-0.39, 0.29) is 5.91 Å². The normalized spacial score (nSPS) is 11.1. The Balaban J connectivity index is 2.73. The molecule has 3 N–H and O–H groups in total. The lowest BCUT2D eigenvalue weighted by molar-refractivity contribution is -0.120. The first-order chi connectivity index (χ1) is 7.30. The monoisotopic (exact) mass is 222 g/mol. The van der Waals surface area contributed by atoms with Crippen LogP contribution in [0.4, 0.5) is 11.5 Å². The van der Waals surface area contributed by atoms with Crippen molar-refractivity contribution < 1.29 is 4.79 Å². The van der Waals surface area contributed by atoms with E-state index < -0.39 is 5.54 Å². The standard InChI is InChI=1S/C11H18N4O/c1-11(2,12)10(16)14-8-5-6-9(13-7-8)15(3)4/h5-7H,12H2,1-4H3,(H,14,16). The summed E-state index contributed by atoms with van der Waals surface area (Å²) in [4.78, 5) is 17.6. The van der Waals surface area contributed by atoms with Crippen LogP contribution in [0.3, 0.4) is 0 Å². The molecule has 0 aromatic carbocycles. The summed E-state index contributed by atoms with van der Waals surface area (Å²) in [5.74, 6) is 0.608. The third kappa shape index (κ3) is 3.20. The van der Waals surface area contributed by atoms with Gasteiger partial charge in [-0.1, -0.05) is 0 Å². The largest absolute Gasteiger partial charge is 0.363 e. The van der Waals surface area contributed by atoms with E-state index in [0.29, 0.717) is 5.69 Å². The zero-order chi connectivity index (χ0) is 12.3. The molecule has 0 aliphatic carbocycles. The lowest BCUT2D eigenvalue weighted by atomic mass is 10.1. The van der Waals surface area contributed by atoms with E-state index in [1.54, 1.807) is 26.1 Å². The molecule has 0 radical (unpaired) electrons. The number of carbonyl (C=O) groups is 1. The number of anilines is 2. The third-order valence-electron chi connectivity index (χ3n) is 2.05. The molecule has 0 saturated heterocycles. The number of aromatic nitrogens is 1. The van der Waals surface area contributed by atoms with Gasteiger partial charge in [0.05, 0.1) is 17.4 Å². The van der Waals surface area contributed by atoms with Crippen LogP contribution in [0, 0.1) is 0 Å². The molecule has 5 nitrogen and oxygen atoms in total. The number of pyridine rings is 1. The van der Waals surface area contributed by atoms with Crippen molar-refractivity contribution in [1.82, 2.24) is 4.98 Å². The van der Waals surface area contributed by atoms with Gasteiger partial charge in [0.2, 0.25) is 5.91 Å². The second kappa shape index (κ2) is 4.49. The maximum absolute atomic E-state index is 11.6. The predicted molar refractivity (Wildman–Crippen MR) is 65.5 cm³/mol. The van der Waals surface area contributed by atoms with E-state index in [2.05, 4.69) is 10.3 Å². The number of nitrogens with two attached hydrogens (primary N) is 1. The summed E-state index contributed by atoms with van der Waals surface area (Å²) in [6, 6.07) is 3.63. The Morgan fingerprint density at radius 1 is 1.44 bits per heavy atom. The van der Waals surface area contributed by atoms with Crippen molar-refractivity contribution in [2.24, 2.45) is 5.73 Å². The van der Waals surface area contributed by atoms with Crippen molar-refractivity contribution in [3.05, 3.63) is 18.3 Å². The van der Waals surface area contributed by atoms with Gasteiger partial charge in [-0.2, -0.15) is 0 Å². The second-order valence-corrected chi connectivity index (χ2v) is 4.48. The van der Waals surface area contributed by atoms with Gasteiger partial charge < -0.3 is 16.0 Å². The molecule has 1 rings (SSSR count). The summed E-state index contributed by atoms with van der Waals surface area (Å²) in [6.07, 6.45) is 1.61. The Labute approximate surface area is 95.7 Å². The average Bonchev–Trinajstić information content (AvgIpc) is 2.17. The molecule has 0 atom stereocenters. The van der Waals surface area contributed by atoms with Crippen molar-refractivity contribution in [3.8, 4) is 0 Å². The Kier molecular flexibility index (Phi) is 3.49. The molecule has 0 saturated carbocycles. The highest BCUT2D eigenvalue weighted by Gasteiger charge is 2.21. The molecule has 0 spiro atoms. The fourth-order valence-corrected chi connectivity index (χ4v) is 1.02. The van der Waals surface area contributed by atoms with Gasteiger partial charge >= 0.3 is 0 Å². The topological polar surface area (TPSA) is 71.2 Å². The number of nitrogens with zero attached hydrogens (tertiary/aromatic N) is 2. The number of carbonyl (C=O) groups excluding carboxylic acids is 1. The van der Waals surface area contributed by atoms with E-state index in [1.807, 2.05) is 25.1 Å². The lowest BCUT2D eigenvalue weighted by Gasteiger charge is -2.18. The van der Waals surface area contributed by atoms with E-state index in [1.165, 1.54) is 0 Å². The highest BCUT2D eigenvalue weighted by Crippen LogP contribution is 2.12. The van der Waals surface area contributed by atoms with Crippen LogP contribution < -0.4 is 16.0 Å². The molecule has 0 aliphatic heterocycles. The minimum atomic E-state index is -0.889. The van der Waals surface area contributed by atoms with Crippen LogP contribution in [0.2, 0.25) is 0 Å². The lowest BCUT2D eigenvalue weighted by Crippen LogP contribution is -2.45. The average molecular weight is 222 g/mol. The summed E-state index contributed by atoms with van der Waals surface area (Å²) in [5.41, 5.74) is 5.42. The first kappa shape index (κ1) is 12.4. The zero-order valence-corrected chi connectivity index (χ0v) is 10.1. The minimum absolute atomic E-state index is 0.230. The van der Waals surface area contributed by atoms with Gasteiger partial charge in [0.1, 0.15) is 5.82 Å². The van der Waals surface area contributed by atoms with Gasteiger partial charge in [-0.25, -0.2) is 4.98 Å². The highest BCUT2D eigenvalue weighted by molar-refractivity contribution is 5.97. The van der Waals surface area contributed by atoms with Gasteiger partial charge in [-0.05, 0) is 26.0 Å². The summed E-state index contributed by atoms with van der Waals surface area (Å²) in [6.45, 7) is 3.31. The molecule has 0 bridgehead atoms. The third-order valence-corrected chi connectivity index (χ3v) is 2.05. The Morgan fingerprint density at radius 3 is 2.44 bits per heavy atom. The van der Waals surface area contributed by atoms with Crippen LogP contribution in [0.1, 0.15) is 13.8 Å². The van der Waals surface area contributed by atoms with Crippen LogP contribution in [0.5, 0.6) is 0 Å². The molecule has 0 unspecified atom stereocenters. The molecule has 1 heterocycles. The molecule has 5 heteroatoms. The predicted octanol–water partition coefficient (Wildman–Crippen LogP) is 0.823. The fraction of sp³-hybridized carbons (Fsp3) is 0.455. The molecule has 88 valence electrons. The number of amides is 1. The van der Waals surface area contributed by atoms with Crippen molar-refractivity contribution in [2.45, 2.75) is 19.4 Å². The van der Waals surface area contributed by atoms with Crippen molar-refractivity contribution >= 4 is 17.4 Å². The number of nitrogens with one attached hydrogen (secondary N) is 1. The van der Waals surface area contributed by atoms with E-state index in [0.717, 1.165) is 5.82 Å². The van der Waals surface area contributed by atoms with Gasteiger partial charge in [0, 0.05) is 14.1 Å². The van der Waals surface area contributed by atoms with Crippen molar-refractivity contribution in [1.29, 1.82) is 0 Å².